The van der Waals surface area contributed by atoms with E-state index in [4.69, 9.17) is 16.6 Å². The first-order chi connectivity index (χ1) is 18.6. The third-order valence-corrected chi connectivity index (χ3v) is 8.23. The molecule has 12 nitrogen and oxygen atoms in total. The molecular formula is C26H27ClN6O6S. The number of fused-ring (bicyclic) bond motifs is 4. The first-order valence-electron chi connectivity index (χ1n) is 12.3. The number of amides is 1. The Morgan fingerprint density at radius 3 is 2.50 bits per heavy atom. The SMILES string of the molecule is CC(=O)N1CCc2c(sc3nc(C(=O)O)[nH]c(=O)c23)C1.Cl.NCc1ccc2c(c1)CN(c1c(N)c(=O)c1=O)CC2. The van der Waals surface area contributed by atoms with Crippen molar-refractivity contribution in [3.8, 4) is 0 Å². The van der Waals surface area contributed by atoms with Crippen LogP contribution >= 0.6 is 23.7 Å². The van der Waals surface area contributed by atoms with Crippen LogP contribution in [0.5, 0.6) is 0 Å². The molecule has 0 unspecified atom stereocenters. The minimum absolute atomic E-state index is 0. The highest BCUT2D eigenvalue weighted by Crippen LogP contribution is 2.32. The van der Waals surface area contributed by atoms with Crippen molar-refractivity contribution in [3.63, 3.8) is 0 Å². The van der Waals surface area contributed by atoms with Gasteiger partial charge in [0.05, 0.1) is 11.9 Å². The van der Waals surface area contributed by atoms with Gasteiger partial charge in [0.15, 0.2) is 0 Å². The number of anilines is 2. The van der Waals surface area contributed by atoms with Gasteiger partial charge in [-0.3, -0.25) is 19.2 Å². The molecule has 14 heteroatoms. The van der Waals surface area contributed by atoms with E-state index in [1.807, 2.05) is 11.0 Å². The second-order valence-corrected chi connectivity index (χ2v) is 10.6. The van der Waals surface area contributed by atoms with E-state index < -0.39 is 22.4 Å². The number of hydrogen-bond donors (Lipinski definition) is 4. The number of halogens is 1. The predicted octanol–water partition coefficient (Wildman–Crippen LogP) is 0.895. The highest BCUT2D eigenvalue weighted by Gasteiger charge is 2.27. The van der Waals surface area contributed by atoms with Gasteiger partial charge in [-0.25, -0.2) is 9.78 Å². The third kappa shape index (κ3) is 5.10. The van der Waals surface area contributed by atoms with Gasteiger partial charge in [-0.05, 0) is 35.1 Å². The molecule has 2 aromatic heterocycles. The summed E-state index contributed by atoms with van der Waals surface area (Å²) >= 11 is 1.28. The number of nitrogens with zero attached hydrogens (tertiary/aromatic N) is 3. The van der Waals surface area contributed by atoms with Gasteiger partial charge in [-0.15, -0.1) is 23.7 Å². The maximum absolute atomic E-state index is 12.0. The minimum Gasteiger partial charge on any atom is -0.475 e. The number of thiophene rings is 1. The number of carboxylic acid groups (broad SMARTS) is 1. The van der Waals surface area contributed by atoms with Crippen LogP contribution in [0.1, 0.15) is 44.7 Å². The second kappa shape index (κ2) is 11.2. The average molecular weight is 587 g/mol. The molecule has 6 rings (SSSR count). The lowest BCUT2D eigenvalue weighted by Gasteiger charge is -2.31. The highest BCUT2D eigenvalue weighted by molar-refractivity contribution is 7.18. The quantitative estimate of drug-likeness (QED) is 0.251. The number of aromatic carboxylic acids is 1. The van der Waals surface area contributed by atoms with Gasteiger partial charge in [-0.2, -0.15) is 0 Å². The number of nitrogen functional groups attached to an aromatic ring is 1. The van der Waals surface area contributed by atoms with Crippen molar-refractivity contribution in [2.24, 2.45) is 5.73 Å². The molecule has 0 atom stereocenters. The summed E-state index contributed by atoms with van der Waals surface area (Å²) in [5.41, 5.74) is 14.7. The van der Waals surface area contributed by atoms with E-state index in [2.05, 4.69) is 22.1 Å². The average Bonchev–Trinajstić information content (AvgIpc) is 3.31. The summed E-state index contributed by atoms with van der Waals surface area (Å²) in [5, 5.41) is 9.36. The Balaban J connectivity index is 0.000000181. The number of rotatable bonds is 3. The maximum atomic E-state index is 12.0. The molecule has 0 bridgehead atoms. The van der Waals surface area contributed by atoms with Crippen LogP contribution in [0.3, 0.4) is 0 Å². The highest BCUT2D eigenvalue weighted by atomic mass is 35.5. The van der Waals surface area contributed by atoms with E-state index in [0.29, 0.717) is 55.0 Å². The number of carboxylic acids is 1. The smallest absolute Gasteiger partial charge is 0.372 e. The van der Waals surface area contributed by atoms with Crippen LogP contribution in [-0.2, 0) is 37.3 Å². The number of benzene rings is 1. The molecule has 2 aliphatic rings. The zero-order valence-corrected chi connectivity index (χ0v) is 23.1. The summed E-state index contributed by atoms with van der Waals surface area (Å²) in [4.78, 5) is 68.2. The third-order valence-electron chi connectivity index (χ3n) is 7.11. The zero-order chi connectivity index (χ0) is 28.0. The molecule has 1 amide bonds. The van der Waals surface area contributed by atoms with Crippen LogP contribution in [0.15, 0.2) is 32.6 Å². The molecular weight excluding hydrogens is 560 g/mol. The molecule has 0 spiro atoms. The molecule has 0 radical (unpaired) electrons. The fourth-order valence-electron chi connectivity index (χ4n) is 5.01. The molecule has 2 aromatic carbocycles. The summed E-state index contributed by atoms with van der Waals surface area (Å²) in [5.74, 6) is -1.63. The Bertz CT molecular complexity index is 1770. The molecule has 0 saturated carbocycles. The van der Waals surface area contributed by atoms with E-state index in [0.717, 1.165) is 28.0 Å². The summed E-state index contributed by atoms with van der Waals surface area (Å²) in [7, 11) is 0. The lowest BCUT2D eigenvalue weighted by molar-refractivity contribution is -0.129. The van der Waals surface area contributed by atoms with E-state index in [1.165, 1.54) is 23.8 Å². The van der Waals surface area contributed by atoms with E-state index >= 15 is 0 Å². The van der Waals surface area contributed by atoms with Gasteiger partial charge in [-0.1, -0.05) is 18.2 Å². The summed E-state index contributed by atoms with van der Waals surface area (Å²) < 4.78 is 0. The molecule has 2 aliphatic heterocycles. The molecule has 4 heterocycles. The van der Waals surface area contributed by atoms with Crippen LogP contribution in [-0.4, -0.2) is 44.9 Å². The number of aromatic nitrogens is 2. The van der Waals surface area contributed by atoms with Gasteiger partial charge in [0.2, 0.25) is 11.7 Å². The summed E-state index contributed by atoms with van der Waals surface area (Å²) in [6, 6.07) is 6.17. The van der Waals surface area contributed by atoms with Gasteiger partial charge in [0.1, 0.15) is 16.2 Å². The molecule has 4 aromatic rings. The van der Waals surface area contributed by atoms with Crippen molar-refractivity contribution in [2.75, 3.05) is 23.7 Å². The largest absolute Gasteiger partial charge is 0.475 e. The Morgan fingerprint density at radius 1 is 1.10 bits per heavy atom. The summed E-state index contributed by atoms with van der Waals surface area (Å²) in [6.45, 7) is 4.34. The van der Waals surface area contributed by atoms with Gasteiger partial charge in [0.25, 0.3) is 16.4 Å². The molecule has 0 fully saturated rings. The number of aromatic amines is 1. The van der Waals surface area contributed by atoms with Gasteiger partial charge < -0.3 is 31.4 Å². The van der Waals surface area contributed by atoms with Crippen molar-refractivity contribution < 1.29 is 14.7 Å². The first-order valence-corrected chi connectivity index (χ1v) is 13.1. The number of nitrogens with two attached hydrogens (primary N) is 2. The van der Waals surface area contributed by atoms with E-state index in [1.54, 1.807) is 4.90 Å². The van der Waals surface area contributed by atoms with Crippen LogP contribution in [0, 0.1) is 0 Å². The zero-order valence-electron chi connectivity index (χ0n) is 21.5. The number of carbonyl (C=O) groups excluding carboxylic acids is 1. The van der Waals surface area contributed by atoms with Crippen LogP contribution in [0.25, 0.3) is 10.2 Å². The predicted molar refractivity (Wildman–Crippen MR) is 154 cm³/mol. The Hall–Kier alpha value is -4.07. The van der Waals surface area contributed by atoms with Gasteiger partial charge >= 0.3 is 5.97 Å². The first kappa shape index (κ1) is 28.9. The van der Waals surface area contributed by atoms with Crippen molar-refractivity contribution in [3.05, 3.63) is 82.0 Å². The second-order valence-electron chi connectivity index (χ2n) is 9.49. The van der Waals surface area contributed by atoms with Crippen LogP contribution < -0.4 is 32.8 Å². The number of H-pyrrole nitrogens is 1. The standard InChI is InChI=1S/C14H15N3O2.C12H11N3O4S.ClH/c15-6-8-1-2-9-3-4-17(7-10(9)5-8)12-11(16)13(18)14(12)19;1-5(16)15-3-2-6-7(4-15)20-11-8(6)10(17)13-9(14-11)12(18)19;/h1-2,5H,3-4,6-7,15-16H2;2-4H2,1H3,(H,18,19)(H,13,14,17);1H. The fraction of sp³-hybridized carbons (Fsp3) is 0.308. The van der Waals surface area contributed by atoms with Crippen molar-refractivity contribution in [2.45, 2.75) is 39.4 Å². The Morgan fingerprint density at radius 2 is 1.85 bits per heavy atom. The van der Waals surface area contributed by atoms with Crippen LogP contribution in [0.2, 0.25) is 0 Å². The lowest BCUT2D eigenvalue weighted by atomic mass is 9.96. The molecule has 40 heavy (non-hydrogen) atoms. The normalized spacial score (nSPS) is 14.2. The van der Waals surface area contributed by atoms with Crippen LogP contribution in [0.4, 0.5) is 11.4 Å². The minimum atomic E-state index is -1.26. The summed E-state index contributed by atoms with van der Waals surface area (Å²) in [6.07, 6.45) is 1.44. The maximum Gasteiger partial charge on any atom is 0.372 e. The topological polar surface area (TPSA) is 193 Å². The number of nitrogens with one attached hydrogen (secondary N) is 1. The monoisotopic (exact) mass is 586 g/mol. The van der Waals surface area contributed by atoms with E-state index in [-0.39, 0.29) is 29.8 Å². The van der Waals surface area contributed by atoms with E-state index in [9.17, 15) is 24.0 Å². The van der Waals surface area contributed by atoms with Crippen molar-refractivity contribution in [1.82, 2.24) is 14.9 Å². The van der Waals surface area contributed by atoms with Crippen molar-refractivity contribution >= 4 is 57.2 Å². The number of carbonyl (C=O) groups is 2. The molecule has 0 aliphatic carbocycles. The molecule has 0 saturated heterocycles. The van der Waals surface area contributed by atoms with Gasteiger partial charge in [0, 0.05) is 38.0 Å². The Labute approximate surface area is 237 Å². The Kier molecular flexibility index (Phi) is 8.10. The van der Waals surface area contributed by atoms with Crippen molar-refractivity contribution in [1.29, 1.82) is 0 Å². The fourth-order valence-corrected chi connectivity index (χ4v) is 6.25. The number of hydrogen-bond acceptors (Lipinski definition) is 10. The lowest BCUT2D eigenvalue weighted by Crippen LogP contribution is -2.44. The molecule has 6 N–H and O–H groups in total. The molecule has 210 valence electrons.